The number of allylic oxidation sites excluding steroid dienone is 8. The van der Waals surface area contributed by atoms with E-state index in [0.29, 0.717) is 0 Å². The Balaban J connectivity index is 1.66. The van der Waals surface area contributed by atoms with Gasteiger partial charge in [0.15, 0.2) is 18.7 Å². The van der Waals surface area contributed by atoms with Crippen LogP contribution < -0.4 is 0 Å². The van der Waals surface area contributed by atoms with Gasteiger partial charge in [0.05, 0.1) is 25.9 Å². The molecule has 3 fully saturated rings. The number of phenols is 2. The van der Waals surface area contributed by atoms with E-state index >= 15 is 0 Å². The molecule has 3 saturated heterocycles. The van der Waals surface area contributed by atoms with Crippen LogP contribution in [0.4, 0.5) is 0 Å². The van der Waals surface area contributed by atoms with E-state index in [1.165, 1.54) is 18.2 Å². The number of unbranched alkanes of at least 4 members (excludes halogenated alkanes) is 6. The number of esters is 2. The number of carbonyl (C=O) groups excluding carboxylic acids is 2. The van der Waals surface area contributed by atoms with E-state index in [9.17, 15) is 70.9 Å². The van der Waals surface area contributed by atoms with Crippen LogP contribution in [-0.4, -0.2) is 185 Å². The van der Waals surface area contributed by atoms with Crippen molar-refractivity contribution in [3.63, 3.8) is 0 Å². The Kier molecular flexibility index (Phi) is 26.2. The number of rotatable bonds is 27. The second-order valence-corrected chi connectivity index (χ2v) is 17.6. The minimum atomic E-state index is -2.09. The number of aliphatic hydroxyl groups excluding tert-OH is 10. The molecule has 12 N–H and O–H groups in total. The van der Waals surface area contributed by atoms with E-state index < -0.39 is 148 Å². The van der Waals surface area contributed by atoms with Crippen molar-refractivity contribution in [3.8, 4) is 11.5 Å². The lowest BCUT2D eigenvalue weighted by atomic mass is 9.88. The van der Waals surface area contributed by atoms with Crippen molar-refractivity contribution in [2.45, 2.75) is 176 Å². The van der Waals surface area contributed by atoms with E-state index in [1.54, 1.807) is 24.3 Å². The van der Waals surface area contributed by atoms with E-state index in [2.05, 4.69) is 13.8 Å². The monoisotopic (exact) mass is 1020 g/mol. The van der Waals surface area contributed by atoms with E-state index in [1.807, 2.05) is 18.2 Å². The summed E-state index contributed by atoms with van der Waals surface area (Å²) < 4.78 is 40.8. The average Bonchev–Trinajstić information content (AvgIpc) is 3.36. The Hall–Kier alpha value is -4.40. The minimum Gasteiger partial charge on any atom is -0.508 e. The van der Waals surface area contributed by atoms with Crippen molar-refractivity contribution in [1.29, 1.82) is 0 Å². The average molecular weight is 1020 g/mol. The highest BCUT2D eigenvalue weighted by Gasteiger charge is 2.55. The van der Waals surface area contributed by atoms with Crippen molar-refractivity contribution in [2.24, 2.45) is 0 Å². The Bertz CT molecular complexity index is 1970. The Morgan fingerprint density at radius 3 is 1.86 bits per heavy atom. The molecule has 21 nitrogen and oxygen atoms in total. The molecule has 0 saturated carbocycles. The highest BCUT2D eigenvalue weighted by atomic mass is 16.8. The number of phenolic OH excluding ortho intramolecular Hbond substituents is 2. The number of benzene rings is 1. The molecule has 0 amide bonds. The lowest BCUT2D eigenvalue weighted by Crippen LogP contribution is -2.66. The van der Waals surface area contributed by atoms with Crippen molar-refractivity contribution >= 4 is 11.9 Å². The molecule has 3 aliphatic heterocycles. The number of ether oxygens (including phenoxy) is 7. The molecule has 0 radical (unpaired) electrons. The quantitative estimate of drug-likeness (QED) is 0.0254. The van der Waals surface area contributed by atoms with Crippen LogP contribution in [0.15, 0.2) is 85.0 Å². The highest BCUT2D eigenvalue weighted by molar-refractivity contribution is 5.82. The smallest absolute Gasteiger partial charge is 0.331 e. The van der Waals surface area contributed by atoms with Gasteiger partial charge in [0.25, 0.3) is 0 Å². The molecule has 4 rings (SSSR count). The molecule has 3 aliphatic rings. The van der Waals surface area contributed by atoms with Crippen LogP contribution in [-0.2, 0) is 49.4 Å². The molecule has 0 aromatic heterocycles. The van der Waals surface area contributed by atoms with Gasteiger partial charge in [0.2, 0.25) is 0 Å². The molecule has 0 bridgehead atoms. The fraction of sp³-hybridized carbons (Fsp3) is 0.608. The molecule has 0 spiro atoms. The minimum absolute atomic E-state index is 0.126. The first-order valence-corrected chi connectivity index (χ1v) is 24.4. The normalized spacial score (nSPS) is 32.0. The summed E-state index contributed by atoms with van der Waals surface area (Å²) in [4.78, 5) is 26.3. The molecule has 1 aromatic carbocycles. The number of hydrogen-bond acceptors (Lipinski definition) is 21. The molecule has 72 heavy (non-hydrogen) atoms. The first kappa shape index (κ1) is 60.2. The van der Waals surface area contributed by atoms with Gasteiger partial charge in [0.1, 0.15) is 91.4 Å². The van der Waals surface area contributed by atoms with Gasteiger partial charge in [0, 0.05) is 23.8 Å². The predicted octanol–water partition coefficient (Wildman–Crippen LogP) is 1.10. The maximum Gasteiger partial charge on any atom is 0.331 e. The third-order valence-electron chi connectivity index (χ3n) is 12.1. The summed E-state index contributed by atoms with van der Waals surface area (Å²) in [6, 6.07) is 1.97. The zero-order valence-electron chi connectivity index (χ0n) is 40.6. The van der Waals surface area contributed by atoms with E-state index in [0.717, 1.165) is 75.7 Å². The summed E-state index contributed by atoms with van der Waals surface area (Å²) in [5.74, 6) is -3.10. The molecular formula is C51H74O21. The maximum absolute atomic E-state index is 13.6. The van der Waals surface area contributed by atoms with Crippen molar-refractivity contribution in [1.82, 2.24) is 0 Å². The van der Waals surface area contributed by atoms with Crippen molar-refractivity contribution in [3.05, 3.63) is 96.2 Å². The van der Waals surface area contributed by atoms with Gasteiger partial charge in [-0.15, -0.1) is 0 Å². The summed E-state index contributed by atoms with van der Waals surface area (Å²) in [7, 11) is 0. The van der Waals surface area contributed by atoms with Gasteiger partial charge < -0.3 is 94.4 Å². The molecule has 3 heterocycles. The Morgan fingerprint density at radius 1 is 0.625 bits per heavy atom. The second-order valence-electron chi connectivity index (χ2n) is 17.6. The Labute approximate surface area is 418 Å². The molecule has 0 aliphatic carbocycles. The fourth-order valence-electron chi connectivity index (χ4n) is 8.13. The molecule has 404 valence electrons. The van der Waals surface area contributed by atoms with Crippen LogP contribution in [0.1, 0.15) is 88.9 Å². The summed E-state index contributed by atoms with van der Waals surface area (Å²) in [5, 5.41) is 129. The molecule has 0 unspecified atom stereocenters. The van der Waals surface area contributed by atoms with Crippen molar-refractivity contribution in [2.75, 3.05) is 19.8 Å². The highest BCUT2D eigenvalue weighted by Crippen LogP contribution is 2.43. The molecule has 21 heteroatoms. The van der Waals surface area contributed by atoms with E-state index in [-0.39, 0.29) is 17.5 Å². The summed E-state index contributed by atoms with van der Waals surface area (Å²) in [6.45, 7) is 0.838. The lowest BCUT2D eigenvalue weighted by Gasteiger charge is -2.49. The first-order chi connectivity index (χ1) is 34.6. The maximum atomic E-state index is 13.6. The molecular weight excluding hydrogens is 949 g/mol. The van der Waals surface area contributed by atoms with Gasteiger partial charge in [-0.1, -0.05) is 100 Å². The van der Waals surface area contributed by atoms with Gasteiger partial charge in [-0.25, -0.2) is 9.59 Å². The molecule has 16 atom stereocenters. The van der Waals surface area contributed by atoms with Crippen LogP contribution in [0, 0.1) is 0 Å². The number of carbonyl (C=O) groups is 2. The van der Waals surface area contributed by atoms with Gasteiger partial charge in [-0.2, -0.15) is 0 Å². The molecule has 1 aromatic rings. The predicted molar refractivity (Wildman–Crippen MR) is 255 cm³/mol. The SMILES string of the molecule is CCCCC/C=C\C=C\C(=O)OC[C@@H]1O[C@@H](O[C@H]2[C@H](OC(=O)/C=C/C=C/C[C@H](O)/C=C/C=C/CCCCC)[C@@H](O)[C@H](c3c(O)cc(O)cc3CO)O[C@@H]2CO)[C@H](O[C@@H]2O[C@@H](CO)[C@H](O)[C@H](O)[C@@H]2O)[C@@H](O)[C@H]1O. The Morgan fingerprint density at radius 2 is 1.22 bits per heavy atom. The lowest BCUT2D eigenvalue weighted by molar-refractivity contribution is -0.383. The van der Waals surface area contributed by atoms with Crippen LogP contribution in [0.2, 0.25) is 0 Å². The number of hydrogen-bond donors (Lipinski definition) is 12. The first-order valence-electron chi connectivity index (χ1n) is 24.4. The number of aliphatic hydroxyl groups is 10. The third-order valence-corrected chi connectivity index (χ3v) is 12.1. The van der Waals surface area contributed by atoms with Crippen LogP contribution in [0.5, 0.6) is 11.5 Å². The van der Waals surface area contributed by atoms with Gasteiger partial charge >= 0.3 is 11.9 Å². The van der Waals surface area contributed by atoms with E-state index in [4.69, 9.17) is 33.2 Å². The second kappa shape index (κ2) is 31.4. The van der Waals surface area contributed by atoms with Gasteiger partial charge in [-0.3, -0.25) is 0 Å². The third kappa shape index (κ3) is 17.6. The van der Waals surface area contributed by atoms with Crippen LogP contribution in [0.25, 0.3) is 0 Å². The van der Waals surface area contributed by atoms with Crippen LogP contribution in [0.3, 0.4) is 0 Å². The van der Waals surface area contributed by atoms with Gasteiger partial charge in [-0.05, 0) is 43.7 Å². The topological polar surface area (TPSA) is 342 Å². The standard InChI is InChI=1S/C51H74O21/c1-3-5-7-9-11-13-16-20-31(55)21-17-15-19-23-38(59)70-48-45(65)47(39-30(26-52)24-32(56)25-33(39)57)67-35(28-54)46(48)71-51-49(72-50-44(64)42(62)40(60)34(27-53)68-50)43(63)41(61)36(69-51)29-66-37(58)22-18-14-12-10-8-6-4-2/h11-20,22-25,31,34-36,40-57,60-65H,3-10,21,26-29H2,1-2H3/b13-11+,14-12-,17-15+,20-16+,22-18+,23-19+/t31-,34+,35-,36+,40+,41+,42+,43+,44+,45+,46-,47+,48-,49-,50+,51+/m1/s1. The largest absolute Gasteiger partial charge is 0.508 e. The zero-order valence-corrected chi connectivity index (χ0v) is 40.6. The fourth-order valence-corrected chi connectivity index (χ4v) is 8.13. The van der Waals surface area contributed by atoms with Crippen molar-refractivity contribution < 1.29 is 104 Å². The summed E-state index contributed by atoms with van der Waals surface area (Å²) >= 11 is 0. The van der Waals surface area contributed by atoms with Crippen LogP contribution >= 0.6 is 0 Å². The summed E-state index contributed by atoms with van der Waals surface area (Å²) in [5.41, 5.74) is -0.392. The summed E-state index contributed by atoms with van der Waals surface area (Å²) in [6.07, 6.45) is -2.13. The zero-order chi connectivity index (χ0) is 52.7. The number of aromatic hydroxyl groups is 2.